The molecule has 0 aliphatic carbocycles. The van der Waals surface area contributed by atoms with Gasteiger partial charge in [0, 0.05) is 0 Å². The maximum Gasteiger partial charge on any atom is 0.337 e. The number of carboxylic acid groups (broad SMARTS) is 2. The van der Waals surface area contributed by atoms with Crippen molar-refractivity contribution in [2.75, 3.05) is 4.90 Å². The van der Waals surface area contributed by atoms with Crippen LogP contribution in [0.5, 0.6) is 0 Å². The van der Waals surface area contributed by atoms with E-state index in [1.165, 1.54) is 24.3 Å². The number of aromatic carboxylic acids is 2. The Balaban J connectivity index is 2.13. The molecule has 7 nitrogen and oxygen atoms in total. The number of hydrogen-bond acceptors (Lipinski definition) is 4. The minimum Gasteiger partial charge on any atom is -0.478 e. The molecule has 0 atom stereocenters. The summed E-state index contributed by atoms with van der Waals surface area (Å²) in [6.07, 6.45) is 0. The number of rotatable bonds is 3. The second-order valence-electron chi connectivity index (χ2n) is 5.08. The zero-order chi connectivity index (χ0) is 18.5. The Morgan fingerprint density at radius 2 is 1.48 bits per heavy atom. The van der Waals surface area contributed by atoms with Crippen molar-refractivity contribution in [2.24, 2.45) is 0 Å². The highest BCUT2D eigenvalue weighted by Crippen LogP contribution is 2.38. The summed E-state index contributed by atoms with van der Waals surface area (Å²) in [5.41, 5.74) is -0.660. The first-order valence-corrected chi connectivity index (χ1v) is 7.47. The van der Waals surface area contributed by atoms with E-state index in [-0.39, 0.29) is 32.4 Å². The van der Waals surface area contributed by atoms with Crippen molar-refractivity contribution in [2.45, 2.75) is 0 Å². The summed E-state index contributed by atoms with van der Waals surface area (Å²) in [5.74, 6) is -4.09. The van der Waals surface area contributed by atoms with E-state index in [4.69, 9.17) is 33.4 Å². The minimum absolute atomic E-state index is 0.0189. The molecule has 3 rings (SSSR count). The number of benzene rings is 2. The lowest BCUT2D eigenvalue weighted by molar-refractivity contribution is 0.0686. The SMILES string of the molecule is O=C(O)c1ccc(N2C(=O)c3cc(C(=O)O)c(Cl)c(Cl)c3C2=O)cc1. The van der Waals surface area contributed by atoms with Gasteiger partial charge in [-0.1, -0.05) is 23.2 Å². The third-order valence-electron chi connectivity index (χ3n) is 3.66. The van der Waals surface area contributed by atoms with Crippen LogP contribution >= 0.6 is 23.2 Å². The quantitative estimate of drug-likeness (QED) is 0.791. The molecule has 1 heterocycles. The number of anilines is 1. The predicted molar refractivity (Wildman–Crippen MR) is 88.0 cm³/mol. The Labute approximate surface area is 150 Å². The molecule has 2 N–H and O–H groups in total. The molecular weight excluding hydrogens is 373 g/mol. The van der Waals surface area contributed by atoms with Crippen LogP contribution in [-0.4, -0.2) is 34.0 Å². The number of carbonyl (C=O) groups is 4. The van der Waals surface area contributed by atoms with Crippen molar-refractivity contribution in [3.05, 3.63) is 62.6 Å². The molecule has 0 bridgehead atoms. The number of nitrogens with zero attached hydrogens (tertiary/aromatic N) is 1. The summed E-state index contributed by atoms with van der Waals surface area (Å²) in [6.45, 7) is 0. The summed E-state index contributed by atoms with van der Waals surface area (Å²) in [7, 11) is 0. The van der Waals surface area contributed by atoms with Crippen molar-refractivity contribution < 1.29 is 29.4 Å². The van der Waals surface area contributed by atoms with Crippen LogP contribution < -0.4 is 4.90 Å². The predicted octanol–water partition coefficient (Wildman–Crippen LogP) is 3.19. The molecular formula is C16H7Cl2NO6. The Morgan fingerprint density at radius 3 is 2.00 bits per heavy atom. The third-order valence-corrected chi connectivity index (χ3v) is 4.53. The lowest BCUT2D eigenvalue weighted by Gasteiger charge is -2.13. The fourth-order valence-corrected chi connectivity index (χ4v) is 2.99. The number of carbonyl (C=O) groups excluding carboxylic acids is 2. The third kappa shape index (κ3) is 2.54. The maximum atomic E-state index is 12.6. The second kappa shape index (κ2) is 5.87. The van der Waals surface area contributed by atoms with Crippen molar-refractivity contribution >= 4 is 52.6 Å². The summed E-state index contributed by atoms with van der Waals surface area (Å²) < 4.78 is 0. The van der Waals surface area contributed by atoms with Crippen LogP contribution in [0, 0.1) is 0 Å². The zero-order valence-corrected chi connectivity index (χ0v) is 13.6. The molecule has 126 valence electrons. The van der Waals surface area contributed by atoms with Gasteiger partial charge < -0.3 is 10.2 Å². The smallest absolute Gasteiger partial charge is 0.337 e. The molecule has 0 unspecified atom stereocenters. The Morgan fingerprint density at radius 1 is 0.880 bits per heavy atom. The lowest BCUT2D eigenvalue weighted by Crippen LogP contribution is -2.29. The average molecular weight is 380 g/mol. The maximum absolute atomic E-state index is 12.6. The largest absolute Gasteiger partial charge is 0.478 e. The van der Waals surface area contributed by atoms with E-state index in [9.17, 15) is 19.2 Å². The topological polar surface area (TPSA) is 112 Å². The van der Waals surface area contributed by atoms with Gasteiger partial charge in [-0.05, 0) is 30.3 Å². The molecule has 25 heavy (non-hydrogen) atoms. The van der Waals surface area contributed by atoms with Gasteiger partial charge in [0.1, 0.15) is 0 Å². The standard InChI is InChI=1S/C16H7Cl2NO6/c17-11-9(16(24)25)5-8-10(12(11)18)14(21)19(13(8)20)7-3-1-6(2-4-7)15(22)23/h1-5H,(H,22,23)(H,24,25). The molecule has 2 aromatic rings. The Kier molecular flexibility index (Phi) is 3.98. The number of halogens is 2. The van der Waals surface area contributed by atoms with Crippen LogP contribution in [-0.2, 0) is 0 Å². The fraction of sp³-hybridized carbons (Fsp3) is 0. The van der Waals surface area contributed by atoms with E-state index in [0.717, 1.165) is 11.0 Å². The van der Waals surface area contributed by atoms with E-state index in [2.05, 4.69) is 0 Å². The van der Waals surface area contributed by atoms with E-state index in [1.54, 1.807) is 0 Å². The fourth-order valence-electron chi connectivity index (χ4n) is 2.47. The van der Waals surface area contributed by atoms with E-state index < -0.39 is 29.3 Å². The highest BCUT2D eigenvalue weighted by atomic mass is 35.5. The highest BCUT2D eigenvalue weighted by molar-refractivity contribution is 6.49. The van der Waals surface area contributed by atoms with Gasteiger partial charge in [-0.15, -0.1) is 0 Å². The van der Waals surface area contributed by atoms with Crippen LogP contribution in [0.25, 0.3) is 0 Å². The number of amides is 2. The van der Waals surface area contributed by atoms with Crippen LogP contribution in [0.1, 0.15) is 41.4 Å². The highest BCUT2D eigenvalue weighted by Gasteiger charge is 2.40. The monoisotopic (exact) mass is 379 g/mol. The van der Waals surface area contributed by atoms with Crippen LogP contribution in [0.2, 0.25) is 10.0 Å². The number of fused-ring (bicyclic) bond motifs is 1. The first-order chi connectivity index (χ1) is 11.7. The molecule has 1 aliphatic rings. The Bertz CT molecular complexity index is 968. The second-order valence-corrected chi connectivity index (χ2v) is 5.83. The van der Waals surface area contributed by atoms with Crippen molar-refractivity contribution in [3.63, 3.8) is 0 Å². The average Bonchev–Trinajstić information content (AvgIpc) is 2.81. The van der Waals surface area contributed by atoms with E-state index in [0.29, 0.717) is 0 Å². The van der Waals surface area contributed by atoms with Gasteiger partial charge in [0.25, 0.3) is 11.8 Å². The summed E-state index contributed by atoms with van der Waals surface area (Å²) in [4.78, 5) is 48.0. The molecule has 0 radical (unpaired) electrons. The normalized spacial score (nSPS) is 13.1. The summed E-state index contributed by atoms with van der Waals surface area (Å²) in [5, 5.41) is 17.4. The van der Waals surface area contributed by atoms with Gasteiger partial charge in [-0.25, -0.2) is 14.5 Å². The van der Waals surface area contributed by atoms with Crippen molar-refractivity contribution in [1.29, 1.82) is 0 Å². The van der Waals surface area contributed by atoms with Crippen molar-refractivity contribution in [3.8, 4) is 0 Å². The van der Waals surface area contributed by atoms with Gasteiger partial charge in [-0.2, -0.15) is 0 Å². The Hall–Kier alpha value is -2.90. The van der Waals surface area contributed by atoms with Crippen LogP contribution in [0.3, 0.4) is 0 Å². The van der Waals surface area contributed by atoms with Crippen molar-refractivity contribution in [1.82, 2.24) is 0 Å². The first-order valence-electron chi connectivity index (χ1n) is 6.71. The van der Waals surface area contributed by atoms with Gasteiger partial charge >= 0.3 is 11.9 Å². The molecule has 0 aromatic heterocycles. The molecule has 0 spiro atoms. The van der Waals surface area contributed by atoms with E-state index in [1.807, 2.05) is 0 Å². The summed E-state index contributed by atoms with van der Waals surface area (Å²) >= 11 is 11.9. The molecule has 1 aliphatic heterocycles. The molecule has 0 fully saturated rings. The molecule has 2 aromatic carbocycles. The summed E-state index contributed by atoms with van der Waals surface area (Å²) in [6, 6.07) is 6.05. The lowest BCUT2D eigenvalue weighted by atomic mass is 10.1. The van der Waals surface area contributed by atoms with Gasteiger partial charge in [0.05, 0.1) is 38.0 Å². The van der Waals surface area contributed by atoms with Crippen LogP contribution in [0.4, 0.5) is 5.69 Å². The molecule has 9 heteroatoms. The molecule has 2 amide bonds. The van der Waals surface area contributed by atoms with E-state index >= 15 is 0 Å². The zero-order valence-electron chi connectivity index (χ0n) is 12.1. The molecule has 0 saturated heterocycles. The molecule has 0 saturated carbocycles. The number of carboxylic acids is 2. The van der Waals surface area contributed by atoms with Gasteiger partial charge in [0.2, 0.25) is 0 Å². The number of hydrogen-bond donors (Lipinski definition) is 2. The number of imide groups is 1. The van der Waals surface area contributed by atoms with Gasteiger partial charge in [-0.3, -0.25) is 9.59 Å². The van der Waals surface area contributed by atoms with Crippen LogP contribution in [0.15, 0.2) is 30.3 Å². The van der Waals surface area contributed by atoms with Gasteiger partial charge in [0.15, 0.2) is 0 Å². The first kappa shape index (κ1) is 16.9. The minimum atomic E-state index is -1.39.